The highest BCUT2D eigenvalue weighted by molar-refractivity contribution is 6.07. The molecule has 234 valence electrons. The summed E-state index contributed by atoms with van der Waals surface area (Å²) in [4.78, 5) is 46.7. The van der Waals surface area contributed by atoms with E-state index in [0.29, 0.717) is 23.8 Å². The lowest BCUT2D eigenvalue weighted by molar-refractivity contribution is 0.538. The smallest absolute Gasteiger partial charge is 0.231 e. The zero-order valence-electron chi connectivity index (χ0n) is 26.9. The summed E-state index contributed by atoms with van der Waals surface area (Å²) in [6, 6.07) is 14.1. The molecule has 12 nitrogen and oxygen atoms in total. The molecule has 47 heavy (non-hydrogen) atoms. The molecule has 1 atom stereocenters. The number of hydrogen-bond acceptors (Lipinski definition) is 10. The van der Waals surface area contributed by atoms with Crippen molar-refractivity contribution in [3.63, 3.8) is 0 Å². The second-order valence-electron chi connectivity index (χ2n) is 11.3. The zero-order valence-corrected chi connectivity index (χ0v) is 26.9. The molecular weight excluding hydrogens is 588 g/mol. The molecule has 0 amide bonds. The number of hydrogen-bond donors (Lipinski definition) is 0. The molecular formula is C35H34N12. The van der Waals surface area contributed by atoms with Gasteiger partial charge in [0.15, 0.2) is 12.3 Å². The molecule has 1 unspecified atom stereocenters. The molecule has 0 fully saturated rings. The van der Waals surface area contributed by atoms with Crippen LogP contribution in [0, 0.1) is 27.7 Å². The summed E-state index contributed by atoms with van der Waals surface area (Å²) in [6.45, 7) is 14.2. The summed E-state index contributed by atoms with van der Waals surface area (Å²) in [5.74, 6) is 1.98. The van der Waals surface area contributed by atoms with Gasteiger partial charge in [0.1, 0.15) is 0 Å². The maximum absolute atomic E-state index is 4.78. The molecule has 2 aromatic carbocycles. The molecule has 0 N–H and O–H groups in total. The van der Waals surface area contributed by atoms with Crippen molar-refractivity contribution in [1.29, 1.82) is 0 Å². The molecule has 5 heterocycles. The van der Waals surface area contributed by atoms with Crippen LogP contribution in [0.15, 0.2) is 102 Å². The average molecular weight is 623 g/mol. The minimum atomic E-state index is -0.600. The van der Waals surface area contributed by atoms with Crippen LogP contribution in [0.4, 0.5) is 40.6 Å². The van der Waals surface area contributed by atoms with Gasteiger partial charge >= 0.3 is 0 Å². The molecule has 12 heteroatoms. The Morgan fingerprint density at radius 1 is 0.596 bits per heavy atom. The van der Waals surface area contributed by atoms with Crippen molar-refractivity contribution in [3.05, 3.63) is 115 Å². The van der Waals surface area contributed by atoms with Gasteiger partial charge in [-0.15, -0.1) is 0 Å². The van der Waals surface area contributed by atoms with Crippen LogP contribution in [0.25, 0.3) is 0 Å². The lowest BCUT2D eigenvalue weighted by Crippen LogP contribution is -2.61. The van der Waals surface area contributed by atoms with Crippen molar-refractivity contribution in [3.8, 4) is 0 Å². The first-order valence-electron chi connectivity index (χ1n) is 15.3. The van der Waals surface area contributed by atoms with Gasteiger partial charge in [-0.05, 0) is 99.3 Å². The summed E-state index contributed by atoms with van der Waals surface area (Å²) in [6.07, 6.45) is 12.5. The van der Waals surface area contributed by atoms with E-state index in [4.69, 9.17) is 39.9 Å². The highest BCUT2D eigenvalue weighted by Crippen LogP contribution is 2.53. The second kappa shape index (κ2) is 12.0. The highest BCUT2D eigenvalue weighted by Gasteiger charge is 2.54. The quantitative estimate of drug-likeness (QED) is 0.159. The van der Waals surface area contributed by atoms with E-state index in [2.05, 4.69) is 78.1 Å². The molecule has 7 rings (SSSR count). The van der Waals surface area contributed by atoms with E-state index in [0.717, 1.165) is 45.0 Å². The second-order valence-corrected chi connectivity index (χ2v) is 11.3. The summed E-state index contributed by atoms with van der Waals surface area (Å²) in [5, 5.41) is 0. The first-order valence-corrected chi connectivity index (χ1v) is 15.3. The molecule has 0 saturated heterocycles. The fraction of sp³-hybridized carbons (Fsp3) is 0.200. The SMILES string of the molecule is C=CN=C(N=CC)N1c2cc(C)c(C)cc2N(c2ncccn2)C1C1N(c2ncccn2)c2cc(C)c(C)cc2N1c1ncccn1. The van der Waals surface area contributed by atoms with E-state index < -0.39 is 12.3 Å². The number of nitrogens with zero attached hydrogens (tertiary/aromatic N) is 12. The van der Waals surface area contributed by atoms with Gasteiger partial charge in [-0.3, -0.25) is 19.6 Å². The van der Waals surface area contributed by atoms with Gasteiger partial charge in [-0.2, -0.15) is 0 Å². The van der Waals surface area contributed by atoms with Crippen molar-refractivity contribution in [2.24, 2.45) is 9.98 Å². The van der Waals surface area contributed by atoms with Crippen LogP contribution in [-0.4, -0.2) is 54.4 Å². The van der Waals surface area contributed by atoms with Gasteiger partial charge in [0.25, 0.3) is 0 Å². The van der Waals surface area contributed by atoms with Gasteiger partial charge in [0.05, 0.1) is 22.7 Å². The monoisotopic (exact) mass is 622 g/mol. The maximum atomic E-state index is 4.78. The Morgan fingerprint density at radius 2 is 0.957 bits per heavy atom. The number of fused-ring (bicyclic) bond motifs is 2. The van der Waals surface area contributed by atoms with Crippen LogP contribution in [0.3, 0.4) is 0 Å². The fourth-order valence-corrected chi connectivity index (χ4v) is 6.18. The largest absolute Gasteiger partial charge is 0.283 e. The van der Waals surface area contributed by atoms with Crippen LogP contribution < -0.4 is 19.6 Å². The van der Waals surface area contributed by atoms with Crippen molar-refractivity contribution in [2.45, 2.75) is 47.0 Å². The van der Waals surface area contributed by atoms with E-state index >= 15 is 0 Å². The maximum Gasteiger partial charge on any atom is 0.231 e. The minimum absolute atomic E-state index is 0.446. The zero-order chi connectivity index (χ0) is 32.7. The molecule has 0 spiro atoms. The number of aliphatic imine (C=N–C) groups is 2. The summed E-state index contributed by atoms with van der Waals surface area (Å²) in [7, 11) is 0. The third-order valence-corrected chi connectivity index (χ3v) is 8.51. The van der Waals surface area contributed by atoms with Crippen LogP contribution in [0.2, 0.25) is 0 Å². The molecule has 0 saturated carbocycles. The molecule has 0 aliphatic carbocycles. The fourth-order valence-electron chi connectivity index (χ4n) is 6.18. The number of aryl methyl sites for hydroxylation is 4. The third-order valence-electron chi connectivity index (χ3n) is 8.51. The van der Waals surface area contributed by atoms with Gasteiger partial charge in [-0.1, -0.05) is 6.58 Å². The molecule has 5 aromatic rings. The van der Waals surface area contributed by atoms with E-state index in [9.17, 15) is 0 Å². The third kappa shape index (κ3) is 4.94. The van der Waals surface area contributed by atoms with Gasteiger partial charge in [-0.25, -0.2) is 39.9 Å². The molecule has 0 bridgehead atoms. The highest BCUT2D eigenvalue weighted by atomic mass is 15.6. The molecule has 0 radical (unpaired) electrons. The number of rotatable bonds is 5. The predicted octanol–water partition coefficient (Wildman–Crippen LogP) is 6.48. The summed E-state index contributed by atoms with van der Waals surface area (Å²) < 4.78 is 0. The number of anilines is 7. The Balaban J connectivity index is 1.60. The number of benzene rings is 2. The summed E-state index contributed by atoms with van der Waals surface area (Å²) in [5.41, 5.74) is 8.12. The number of guanidine groups is 1. The van der Waals surface area contributed by atoms with Crippen LogP contribution >= 0.6 is 0 Å². The van der Waals surface area contributed by atoms with Crippen molar-refractivity contribution >= 4 is 52.8 Å². The lowest BCUT2D eigenvalue weighted by atomic mass is 10.1. The Labute approximate surface area is 273 Å². The van der Waals surface area contributed by atoms with E-state index in [1.54, 1.807) is 43.4 Å². The molecule has 2 aliphatic heterocycles. The molecule has 3 aromatic heterocycles. The lowest BCUT2D eigenvalue weighted by Gasteiger charge is -2.41. The van der Waals surface area contributed by atoms with E-state index in [-0.39, 0.29) is 0 Å². The Morgan fingerprint density at radius 3 is 1.34 bits per heavy atom. The standard InChI is InChI=1S/C35H34N12/c1-7-36-32(37-8-2)44-26-18-22(3)23(4)19-27(26)45(33-38-12-9-13-39-33)30(44)31-46(34-40-14-10-15-41-34)28-20-24(5)25(6)21-29(28)47(31)35-42-16-11-17-43-35/h7-21,30-31H,1H2,2-6H3. The summed E-state index contributed by atoms with van der Waals surface area (Å²) >= 11 is 0. The first kappa shape index (κ1) is 29.7. The van der Waals surface area contributed by atoms with Gasteiger partial charge in [0.2, 0.25) is 23.8 Å². The Kier molecular flexibility index (Phi) is 7.60. The van der Waals surface area contributed by atoms with Crippen molar-refractivity contribution in [1.82, 2.24) is 29.9 Å². The predicted molar refractivity (Wildman–Crippen MR) is 186 cm³/mol. The van der Waals surface area contributed by atoms with E-state index in [1.165, 1.54) is 6.20 Å². The van der Waals surface area contributed by atoms with Crippen LogP contribution in [0.5, 0.6) is 0 Å². The first-order chi connectivity index (χ1) is 22.9. The Bertz CT molecular complexity index is 1920. The van der Waals surface area contributed by atoms with Gasteiger partial charge < -0.3 is 0 Å². The van der Waals surface area contributed by atoms with E-state index in [1.807, 2.05) is 25.1 Å². The van der Waals surface area contributed by atoms with Crippen molar-refractivity contribution in [2.75, 3.05) is 19.6 Å². The van der Waals surface area contributed by atoms with Crippen LogP contribution in [0.1, 0.15) is 29.2 Å². The topological polar surface area (TPSA) is 115 Å². The Hall–Kier alpha value is -6.04. The average Bonchev–Trinajstić information content (AvgIpc) is 3.58. The number of aromatic nitrogens is 6. The van der Waals surface area contributed by atoms with Crippen molar-refractivity contribution < 1.29 is 0 Å². The van der Waals surface area contributed by atoms with Gasteiger partial charge in [0, 0.05) is 49.6 Å². The normalized spacial score (nSPS) is 16.3. The minimum Gasteiger partial charge on any atom is -0.283 e. The van der Waals surface area contributed by atoms with Crippen LogP contribution in [-0.2, 0) is 0 Å². The molecule has 2 aliphatic rings.